The van der Waals surface area contributed by atoms with Crippen LogP contribution in [0.15, 0.2) is 54.2 Å². The van der Waals surface area contributed by atoms with E-state index in [-0.39, 0.29) is 22.1 Å². The smallest absolute Gasteiger partial charge is 0.368 e. The molecule has 0 unspecified atom stereocenters. The molecule has 0 radical (unpaired) electrons. The molecule has 10 heteroatoms. The van der Waals surface area contributed by atoms with Crippen molar-refractivity contribution in [2.45, 2.75) is 6.18 Å². The molecule has 0 bridgehead atoms. The van der Waals surface area contributed by atoms with E-state index in [4.69, 9.17) is 11.6 Å². The van der Waals surface area contributed by atoms with E-state index >= 15 is 0 Å². The Balaban J connectivity index is 1.68. The molecule has 5 nitrogen and oxygen atoms in total. The summed E-state index contributed by atoms with van der Waals surface area (Å²) in [5, 5.41) is 11.7. The molecule has 0 atom stereocenters. The Hall–Kier alpha value is -3.25. The van der Waals surface area contributed by atoms with Gasteiger partial charge < -0.3 is 15.1 Å². The summed E-state index contributed by atoms with van der Waals surface area (Å²) in [6.45, 7) is 1.56. The quantitative estimate of drug-likeness (QED) is 0.416. The number of hydrogen-bond acceptors (Lipinski definition) is 4. The maximum atomic E-state index is 13.2. The second kappa shape index (κ2) is 9.27. The number of piperazine rings is 1. The minimum absolute atomic E-state index is 0.0857. The van der Waals surface area contributed by atoms with E-state index in [0.29, 0.717) is 26.2 Å². The van der Waals surface area contributed by atoms with Crippen molar-refractivity contribution in [3.8, 4) is 6.07 Å². The van der Waals surface area contributed by atoms with Crippen LogP contribution >= 0.6 is 11.6 Å². The van der Waals surface area contributed by atoms with Crippen molar-refractivity contribution in [3.63, 3.8) is 0 Å². The van der Waals surface area contributed by atoms with Crippen LogP contribution in [0, 0.1) is 17.1 Å². The van der Waals surface area contributed by atoms with E-state index in [1.165, 1.54) is 23.1 Å². The average molecular weight is 453 g/mol. The number of alkyl halides is 3. The molecule has 2 aromatic carbocycles. The summed E-state index contributed by atoms with van der Waals surface area (Å²) in [4.78, 5) is 16.1. The second-order valence-electron chi connectivity index (χ2n) is 6.76. The minimum Gasteiger partial charge on any atom is -0.368 e. The van der Waals surface area contributed by atoms with Crippen molar-refractivity contribution in [2.24, 2.45) is 0 Å². The van der Waals surface area contributed by atoms with Gasteiger partial charge in [0.05, 0.1) is 11.3 Å². The van der Waals surface area contributed by atoms with Gasteiger partial charge in [-0.05, 0) is 42.5 Å². The first-order valence-corrected chi connectivity index (χ1v) is 9.60. The zero-order valence-electron chi connectivity index (χ0n) is 16.1. The highest BCUT2D eigenvalue weighted by Gasteiger charge is 2.34. The summed E-state index contributed by atoms with van der Waals surface area (Å²) in [7, 11) is 0. The molecule has 0 saturated carbocycles. The number of benzene rings is 2. The summed E-state index contributed by atoms with van der Waals surface area (Å²) in [5.74, 6) is -0.931. The number of nitriles is 1. The van der Waals surface area contributed by atoms with Crippen LogP contribution in [0.25, 0.3) is 0 Å². The Morgan fingerprint density at radius 1 is 1.10 bits per heavy atom. The number of carbonyl (C=O) groups is 1. The van der Waals surface area contributed by atoms with Gasteiger partial charge in [-0.1, -0.05) is 11.6 Å². The molecule has 1 heterocycles. The van der Waals surface area contributed by atoms with Crippen molar-refractivity contribution in [3.05, 3.63) is 70.6 Å². The molecule has 0 aromatic heterocycles. The first-order chi connectivity index (χ1) is 14.7. The Kier molecular flexibility index (Phi) is 6.71. The van der Waals surface area contributed by atoms with Crippen molar-refractivity contribution in [1.29, 1.82) is 5.26 Å². The topological polar surface area (TPSA) is 59.4 Å². The van der Waals surface area contributed by atoms with Gasteiger partial charge in [0.1, 0.15) is 17.5 Å². The summed E-state index contributed by atoms with van der Waals surface area (Å²) in [5.41, 5.74) is -0.834. The fourth-order valence-electron chi connectivity index (χ4n) is 3.16. The zero-order chi connectivity index (χ0) is 22.6. The summed E-state index contributed by atoms with van der Waals surface area (Å²) in [6.07, 6.45) is -3.69. The van der Waals surface area contributed by atoms with Crippen LogP contribution in [-0.2, 0) is 11.0 Å². The molecule has 31 heavy (non-hydrogen) atoms. The Bertz CT molecular complexity index is 1020. The van der Waals surface area contributed by atoms with Gasteiger partial charge >= 0.3 is 6.18 Å². The summed E-state index contributed by atoms with van der Waals surface area (Å²) < 4.78 is 52.7. The van der Waals surface area contributed by atoms with Crippen LogP contribution in [-0.4, -0.2) is 37.0 Å². The van der Waals surface area contributed by atoms with Gasteiger partial charge in [0.2, 0.25) is 0 Å². The molecule has 1 amide bonds. The van der Waals surface area contributed by atoms with Crippen LogP contribution < -0.4 is 10.2 Å². The monoisotopic (exact) mass is 452 g/mol. The number of anilines is 2. The van der Waals surface area contributed by atoms with E-state index in [1.54, 1.807) is 18.2 Å². The fraction of sp³-hybridized carbons (Fsp3) is 0.238. The molecule has 1 saturated heterocycles. The van der Waals surface area contributed by atoms with E-state index in [1.807, 2.05) is 4.90 Å². The number of amides is 1. The lowest BCUT2D eigenvalue weighted by atomic mass is 10.1. The predicted octanol–water partition coefficient (Wildman–Crippen LogP) is 4.67. The maximum Gasteiger partial charge on any atom is 0.418 e. The van der Waals surface area contributed by atoms with Crippen LogP contribution in [0.2, 0.25) is 5.02 Å². The molecule has 1 aliphatic heterocycles. The Labute approximate surface area is 181 Å². The fourth-order valence-corrected chi connectivity index (χ4v) is 3.33. The van der Waals surface area contributed by atoms with E-state index in [2.05, 4.69) is 5.32 Å². The van der Waals surface area contributed by atoms with Gasteiger partial charge in [0, 0.05) is 43.1 Å². The third kappa shape index (κ3) is 5.47. The SMILES string of the molecule is N#C/C(=C/Nc1ccc(Cl)cc1C(F)(F)F)C(=O)N1CCN(c2ccc(F)cc2)CC1. The third-order valence-electron chi connectivity index (χ3n) is 4.77. The first-order valence-electron chi connectivity index (χ1n) is 9.22. The number of nitrogens with one attached hydrogen (secondary N) is 1. The van der Waals surface area contributed by atoms with E-state index in [9.17, 15) is 27.6 Å². The van der Waals surface area contributed by atoms with Crippen molar-refractivity contribution >= 4 is 28.9 Å². The number of carbonyl (C=O) groups excluding carboxylic acids is 1. The molecule has 3 rings (SSSR count). The Morgan fingerprint density at radius 3 is 2.32 bits per heavy atom. The van der Waals surface area contributed by atoms with Gasteiger partial charge in [-0.25, -0.2) is 4.39 Å². The largest absolute Gasteiger partial charge is 0.418 e. The van der Waals surface area contributed by atoms with Crippen LogP contribution in [0.3, 0.4) is 0 Å². The third-order valence-corrected chi connectivity index (χ3v) is 5.00. The lowest BCUT2D eigenvalue weighted by Gasteiger charge is -2.36. The normalized spacial score (nSPS) is 14.9. The van der Waals surface area contributed by atoms with Crippen LogP contribution in [0.5, 0.6) is 0 Å². The highest BCUT2D eigenvalue weighted by atomic mass is 35.5. The second-order valence-corrected chi connectivity index (χ2v) is 7.19. The van der Waals surface area contributed by atoms with Gasteiger partial charge in [-0.3, -0.25) is 4.79 Å². The molecule has 162 valence electrons. The van der Waals surface area contributed by atoms with Gasteiger partial charge in [-0.15, -0.1) is 0 Å². The molecule has 0 spiro atoms. The first kappa shape index (κ1) is 22.4. The average Bonchev–Trinajstić information content (AvgIpc) is 2.75. The number of rotatable bonds is 4. The lowest BCUT2D eigenvalue weighted by molar-refractivity contribution is -0.137. The molecular weight excluding hydrogens is 436 g/mol. The highest BCUT2D eigenvalue weighted by molar-refractivity contribution is 6.30. The van der Waals surface area contributed by atoms with Crippen molar-refractivity contribution in [1.82, 2.24) is 4.90 Å². The standard InChI is InChI=1S/C21H17ClF4N4O/c22-15-1-6-19(18(11-15)21(24,25)26)28-13-14(12-27)20(31)30-9-7-29(8-10-30)17-4-2-16(23)3-5-17/h1-6,11,13,28H,7-10H2/b14-13-. The predicted molar refractivity (Wildman–Crippen MR) is 109 cm³/mol. The zero-order valence-corrected chi connectivity index (χ0v) is 16.8. The van der Waals surface area contributed by atoms with Crippen molar-refractivity contribution < 1.29 is 22.4 Å². The molecule has 2 aromatic rings. The summed E-state index contributed by atoms with van der Waals surface area (Å²) in [6, 6.07) is 10.9. The molecule has 0 aliphatic carbocycles. The molecule has 1 N–H and O–H groups in total. The van der Waals surface area contributed by atoms with Gasteiger partial charge in [-0.2, -0.15) is 18.4 Å². The Morgan fingerprint density at radius 2 is 1.74 bits per heavy atom. The maximum absolute atomic E-state index is 13.2. The molecule has 1 aliphatic rings. The minimum atomic E-state index is -4.66. The lowest BCUT2D eigenvalue weighted by Crippen LogP contribution is -2.49. The number of halogens is 5. The summed E-state index contributed by atoms with van der Waals surface area (Å²) >= 11 is 5.65. The number of hydrogen-bond donors (Lipinski definition) is 1. The van der Waals surface area contributed by atoms with E-state index in [0.717, 1.165) is 24.0 Å². The van der Waals surface area contributed by atoms with Gasteiger partial charge in [0.25, 0.3) is 5.91 Å². The van der Waals surface area contributed by atoms with Crippen LogP contribution in [0.1, 0.15) is 5.56 Å². The van der Waals surface area contributed by atoms with Crippen molar-refractivity contribution in [2.75, 3.05) is 36.4 Å². The highest BCUT2D eigenvalue weighted by Crippen LogP contribution is 2.36. The van der Waals surface area contributed by atoms with Crippen LogP contribution in [0.4, 0.5) is 28.9 Å². The van der Waals surface area contributed by atoms with Gasteiger partial charge in [0.15, 0.2) is 0 Å². The molecular formula is C21H17ClF4N4O. The molecule has 1 fully saturated rings. The van der Waals surface area contributed by atoms with E-state index < -0.39 is 17.6 Å². The number of nitrogens with zero attached hydrogens (tertiary/aromatic N) is 3.